The fourth-order valence-electron chi connectivity index (χ4n) is 1.91. The second-order valence-corrected chi connectivity index (χ2v) is 5.86. The highest BCUT2D eigenvalue weighted by atomic mass is 15.0. The zero-order chi connectivity index (χ0) is 13.9. The zero-order valence-electron chi connectivity index (χ0n) is 12.2. The molecule has 1 heterocycles. The average Bonchev–Trinajstić information content (AvgIpc) is 2.39. The Kier molecular flexibility index (Phi) is 3.89. The number of rotatable bonds is 3. The van der Waals surface area contributed by atoms with Gasteiger partial charge in [-0.1, -0.05) is 45.9 Å². The fraction of sp³-hybridized carbons (Fsp3) is 0.353. The van der Waals surface area contributed by atoms with Gasteiger partial charge in [0.2, 0.25) is 0 Å². The maximum atomic E-state index is 4.40. The number of aromatic nitrogens is 1. The van der Waals surface area contributed by atoms with E-state index in [4.69, 9.17) is 0 Å². The van der Waals surface area contributed by atoms with Crippen molar-refractivity contribution in [2.24, 2.45) is 0 Å². The van der Waals surface area contributed by atoms with Gasteiger partial charge in [0.1, 0.15) is 5.82 Å². The average molecular weight is 254 g/mol. The van der Waals surface area contributed by atoms with Crippen molar-refractivity contribution in [2.75, 3.05) is 5.32 Å². The number of nitrogens with one attached hydrogen (secondary N) is 1. The molecule has 0 radical (unpaired) electrons. The molecule has 1 aromatic heterocycles. The smallest absolute Gasteiger partial charge is 0.130 e. The van der Waals surface area contributed by atoms with Gasteiger partial charge >= 0.3 is 0 Å². The lowest BCUT2D eigenvalue weighted by atomic mass is 9.87. The summed E-state index contributed by atoms with van der Waals surface area (Å²) in [5, 5.41) is 3.32. The molecule has 1 aromatic carbocycles. The van der Waals surface area contributed by atoms with Crippen molar-refractivity contribution in [3.05, 3.63) is 53.7 Å². The Hall–Kier alpha value is -1.83. The Labute approximate surface area is 115 Å². The van der Waals surface area contributed by atoms with E-state index >= 15 is 0 Å². The second-order valence-electron chi connectivity index (χ2n) is 5.86. The van der Waals surface area contributed by atoms with Crippen LogP contribution >= 0.6 is 0 Å². The first-order chi connectivity index (χ1) is 8.99. The van der Waals surface area contributed by atoms with Crippen LogP contribution in [0.5, 0.6) is 0 Å². The Balaban J connectivity index is 2.10. The summed E-state index contributed by atoms with van der Waals surface area (Å²) in [6, 6.07) is 12.7. The van der Waals surface area contributed by atoms with E-state index in [9.17, 15) is 0 Å². The standard InChI is InChI=1S/C17H22N2/c1-5-13-6-11-16(18-12-13)19-15-9-7-14(8-10-15)17(2,3)4/h6-12H,5H2,1-4H3,(H,18,19). The van der Waals surface area contributed by atoms with Gasteiger partial charge in [-0.25, -0.2) is 4.98 Å². The lowest BCUT2D eigenvalue weighted by Crippen LogP contribution is -2.10. The third-order valence-electron chi connectivity index (χ3n) is 3.26. The van der Waals surface area contributed by atoms with E-state index in [1.807, 2.05) is 12.3 Å². The van der Waals surface area contributed by atoms with Crippen LogP contribution in [-0.2, 0) is 11.8 Å². The summed E-state index contributed by atoms with van der Waals surface area (Å²) >= 11 is 0. The first-order valence-electron chi connectivity index (χ1n) is 6.81. The number of benzene rings is 1. The first-order valence-corrected chi connectivity index (χ1v) is 6.81. The molecule has 1 N–H and O–H groups in total. The summed E-state index contributed by atoms with van der Waals surface area (Å²) in [6.45, 7) is 8.80. The number of nitrogens with zero attached hydrogens (tertiary/aromatic N) is 1. The maximum absolute atomic E-state index is 4.40. The topological polar surface area (TPSA) is 24.9 Å². The van der Waals surface area contributed by atoms with Crippen LogP contribution in [0.2, 0.25) is 0 Å². The van der Waals surface area contributed by atoms with E-state index in [1.54, 1.807) is 0 Å². The predicted octanol–water partition coefficient (Wildman–Crippen LogP) is 4.69. The molecule has 0 aliphatic rings. The molecule has 19 heavy (non-hydrogen) atoms. The minimum Gasteiger partial charge on any atom is -0.340 e. The molecule has 2 heteroatoms. The summed E-state index contributed by atoms with van der Waals surface area (Å²) < 4.78 is 0. The van der Waals surface area contributed by atoms with Gasteiger partial charge in [-0.15, -0.1) is 0 Å². The minimum absolute atomic E-state index is 0.194. The summed E-state index contributed by atoms with van der Waals surface area (Å²) in [5.74, 6) is 0.890. The van der Waals surface area contributed by atoms with Crippen molar-refractivity contribution in [3.8, 4) is 0 Å². The molecule has 0 aliphatic heterocycles. The predicted molar refractivity (Wildman–Crippen MR) is 82.0 cm³/mol. The summed E-state index contributed by atoms with van der Waals surface area (Å²) in [6.07, 6.45) is 2.94. The number of pyridine rings is 1. The SMILES string of the molecule is CCc1ccc(Nc2ccc(C(C)(C)C)cc2)nc1. The highest BCUT2D eigenvalue weighted by Crippen LogP contribution is 2.24. The van der Waals surface area contributed by atoms with Crippen molar-refractivity contribution in [1.29, 1.82) is 0 Å². The molecular weight excluding hydrogens is 232 g/mol. The molecule has 0 unspecified atom stereocenters. The third-order valence-corrected chi connectivity index (χ3v) is 3.26. The fourth-order valence-corrected chi connectivity index (χ4v) is 1.91. The third kappa shape index (κ3) is 3.57. The largest absolute Gasteiger partial charge is 0.340 e. The van der Waals surface area contributed by atoms with Gasteiger partial charge in [-0.3, -0.25) is 0 Å². The molecule has 0 spiro atoms. The van der Waals surface area contributed by atoms with Crippen LogP contribution in [0.15, 0.2) is 42.6 Å². The molecule has 0 fully saturated rings. The lowest BCUT2D eigenvalue weighted by Gasteiger charge is -2.19. The number of hydrogen-bond acceptors (Lipinski definition) is 2. The second kappa shape index (κ2) is 5.43. The summed E-state index contributed by atoms with van der Waals surface area (Å²) in [4.78, 5) is 4.40. The van der Waals surface area contributed by atoms with Crippen LogP contribution in [0, 0.1) is 0 Å². The monoisotopic (exact) mass is 254 g/mol. The molecule has 0 saturated carbocycles. The number of hydrogen-bond donors (Lipinski definition) is 1. The summed E-state index contributed by atoms with van der Waals surface area (Å²) in [7, 11) is 0. The van der Waals surface area contributed by atoms with Crippen LogP contribution in [0.3, 0.4) is 0 Å². The molecule has 0 aliphatic carbocycles. The lowest BCUT2D eigenvalue weighted by molar-refractivity contribution is 0.590. The number of anilines is 2. The van der Waals surface area contributed by atoms with Gasteiger partial charge in [-0.2, -0.15) is 0 Å². The molecule has 0 bridgehead atoms. The van der Waals surface area contributed by atoms with Crippen LogP contribution in [-0.4, -0.2) is 4.98 Å². The van der Waals surface area contributed by atoms with Crippen LogP contribution in [0.4, 0.5) is 11.5 Å². The van der Waals surface area contributed by atoms with Gasteiger partial charge in [0.15, 0.2) is 0 Å². The van der Waals surface area contributed by atoms with Crippen LogP contribution in [0.25, 0.3) is 0 Å². The Morgan fingerprint density at radius 2 is 1.68 bits per heavy atom. The molecular formula is C17H22N2. The van der Waals surface area contributed by atoms with E-state index < -0.39 is 0 Å². The van der Waals surface area contributed by atoms with Crippen LogP contribution < -0.4 is 5.32 Å². The normalized spacial score (nSPS) is 11.4. The maximum Gasteiger partial charge on any atom is 0.130 e. The minimum atomic E-state index is 0.194. The molecule has 2 rings (SSSR count). The molecule has 0 saturated heterocycles. The van der Waals surface area contributed by atoms with Crippen LogP contribution in [0.1, 0.15) is 38.8 Å². The molecule has 0 atom stereocenters. The first kappa shape index (κ1) is 13.6. The van der Waals surface area contributed by atoms with Crippen molar-refractivity contribution >= 4 is 11.5 Å². The van der Waals surface area contributed by atoms with E-state index in [-0.39, 0.29) is 5.41 Å². The highest BCUT2D eigenvalue weighted by Gasteiger charge is 2.12. The van der Waals surface area contributed by atoms with Gasteiger partial charge in [0.25, 0.3) is 0 Å². The van der Waals surface area contributed by atoms with E-state index in [2.05, 4.69) is 68.3 Å². The van der Waals surface area contributed by atoms with Gasteiger partial charge in [-0.05, 0) is 41.2 Å². The van der Waals surface area contributed by atoms with Crippen molar-refractivity contribution in [1.82, 2.24) is 4.98 Å². The molecule has 0 amide bonds. The Bertz CT molecular complexity index is 519. The van der Waals surface area contributed by atoms with Gasteiger partial charge in [0.05, 0.1) is 0 Å². The quantitative estimate of drug-likeness (QED) is 0.859. The Morgan fingerprint density at radius 3 is 2.16 bits per heavy atom. The van der Waals surface area contributed by atoms with Crippen molar-refractivity contribution in [2.45, 2.75) is 39.5 Å². The van der Waals surface area contributed by atoms with Crippen molar-refractivity contribution < 1.29 is 0 Å². The van der Waals surface area contributed by atoms with Crippen molar-refractivity contribution in [3.63, 3.8) is 0 Å². The molecule has 2 nitrogen and oxygen atoms in total. The zero-order valence-corrected chi connectivity index (χ0v) is 12.2. The van der Waals surface area contributed by atoms with E-state index in [0.29, 0.717) is 0 Å². The van der Waals surface area contributed by atoms with E-state index in [1.165, 1.54) is 11.1 Å². The van der Waals surface area contributed by atoms with E-state index in [0.717, 1.165) is 17.9 Å². The summed E-state index contributed by atoms with van der Waals surface area (Å²) in [5.41, 5.74) is 3.87. The molecule has 100 valence electrons. The number of aryl methyl sites for hydroxylation is 1. The van der Waals surface area contributed by atoms with Gasteiger partial charge < -0.3 is 5.32 Å². The van der Waals surface area contributed by atoms with Gasteiger partial charge in [0, 0.05) is 11.9 Å². The molecule has 2 aromatic rings. The highest BCUT2D eigenvalue weighted by molar-refractivity contribution is 5.56. The Morgan fingerprint density at radius 1 is 1.00 bits per heavy atom.